The molecule has 1 aromatic carbocycles. The van der Waals surface area contributed by atoms with Crippen LogP contribution in [0.5, 0.6) is 5.75 Å². The molecule has 2 unspecified atom stereocenters. The quantitative estimate of drug-likeness (QED) is 0.502. The number of ether oxygens (including phenoxy) is 1. The summed E-state index contributed by atoms with van der Waals surface area (Å²) < 4.78 is 37.1. The maximum absolute atomic E-state index is 13.1. The SMILES string of the molecule is C/C=C1/CN2CCC1C(=O)c1[nH]c3cccc(OC)c3c1C2.O=S(=O)(O)O. The number of benzene rings is 1. The Morgan fingerprint density at radius 2 is 2.00 bits per heavy atom. The topological polar surface area (TPSA) is 120 Å². The van der Waals surface area contributed by atoms with Crippen molar-refractivity contribution in [3.63, 3.8) is 0 Å². The molecule has 1 aromatic heterocycles. The number of hydrogen-bond donors (Lipinski definition) is 3. The van der Waals surface area contributed by atoms with Gasteiger partial charge in [-0.05, 0) is 37.6 Å². The molecule has 2 bridgehead atoms. The molecular weight excluding hydrogens is 372 g/mol. The maximum Gasteiger partial charge on any atom is 0.394 e. The molecule has 3 aliphatic rings. The van der Waals surface area contributed by atoms with Gasteiger partial charge >= 0.3 is 10.4 Å². The predicted molar refractivity (Wildman–Crippen MR) is 100 cm³/mol. The smallest absolute Gasteiger partial charge is 0.394 e. The summed E-state index contributed by atoms with van der Waals surface area (Å²) in [7, 11) is -2.98. The summed E-state index contributed by atoms with van der Waals surface area (Å²) in [6.07, 6.45) is 3.04. The van der Waals surface area contributed by atoms with E-state index in [1.807, 2.05) is 25.1 Å². The minimum atomic E-state index is -4.67. The molecule has 27 heavy (non-hydrogen) atoms. The van der Waals surface area contributed by atoms with Crippen molar-refractivity contribution in [3.8, 4) is 5.75 Å². The molecule has 2 atom stereocenters. The number of carbonyl (C=O) groups is 1. The summed E-state index contributed by atoms with van der Waals surface area (Å²) >= 11 is 0. The van der Waals surface area contributed by atoms with Gasteiger partial charge < -0.3 is 9.72 Å². The van der Waals surface area contributed by atoms with E-state index in [1.54, 1.807) is 7.11 Å². The zero-order valence-electron chi connectivity index (χ0n) is 15.1. The first-order valence-corrected chi connectivity index (χ1v) is 9.91. The number of fused-ring (bicyclic) bond motifs is 3. The minimum absolute atomic E-state index is 0.0272. The monoisotopic (exact) mass is 394 g/mol. The van der Waals surface area contributed by atoms with Gasteiger partial charge in [-0.1, -0.05) is 12.1 Å². The summed E-state index contributed by atoms with van der Waals surface area (Å²) in [5, 5.41) is 1.06. The number of H-pyrrole nitrogens is 1. The summed E-state index contributed by atoms with van der Waals surface area (Å²) in [4.78, 5) is 18.8. The lowest BCUT2D eigenvalue weighted by molar-refractivity contribution is 0.0875. The highest BCUT2D eigenvalue weighted by atomic mass is 32.3. The van der Waals surface area contributed by atoms with Crippen molar-refractivity contribution in [2.24, 2.45) is 5.92 Å². The van der Waals surface area contributed by atoms with E-state index in [0.29, 0.717) is 0 Å². The lowest BCUT2D eigenvalue weighted by atomic mass is 9.83. The molecule has 3 aliphatic heterocycles. The zero-order valence-corrected chi connectivity index (χ0v) is 15.9. The van der Waals surface area contributed by atoms with Crippen molar-refractivity contribution in [2.75, 3.05) is 20.2 Å². The number of Topliss-reactive ketones (excluding diaryl/α,β-unsaturated/α-hetero) is 1. The Morgan fingerprint density at radius 3 is 2.63 bits per heavy atom. The summed E-state index contributed by atoms with van der Waals surface area (Å²) in [6, 6.07) is 5.94. The van der Waals surface area contributed by atoms with Gasteiger partial charge in [0.2, 0.25) is 0 Å². The van der Waals surface area contributed by atoms with Crippen LogP contribution in [0.4, 0.5) is 0 Å². The van der Waals surface area contributed by atoms with Gasteiger partial charge in [0, 0.05) is 30.0 Å². The van der Waals surface area contributed by atoms with Crippen molar-refractivity contribution in [1.82, 2.24) is 9.88 Å². The molecule has 0 radical (unpaired) electrons. The number of methoxy groups -OCH3 is 1. The molecule has 146 valence electrons. The zero-order chi connectivity index (χ0) is 19.8. The first-order valence-electron chi connectivity index (χ1n) is 8.52. The third kappa shape index (κ3) is 4.06. The number of nitrogens with one attached hydrogen (secondary N) is 1. The van der Waals surface area contributed by atoms with Crippen LogP contribution in [-0.2, 0) is 16.9 Å². The second-order valence-electron chi connectivity index (χ2n) is 6.59. The van der Waals surface area contributed by atoms with Gasteiger partial charge in [0.05, 0.1) is 18.3 Å². The van der Waals surface area contributed by atoms with E-state index in [1.165, 1.54) is 5.57 Å². The highest BCUT2D eigenvalue weighted by molar-refractivity contribution is 7.79. The Hall–Kier alpha value is -2.20. The highest BCUT2D eigenvalue weighted by Gasteiger charge is 2.36. The van der Waals surface area contributed by atoms with Gasteiger partial charge in [0.15, 0.2) is 5.78 Å². The van der Waals surface area contributed by atoms with Crippen LogP contribution in [-0.4, -0.2) is 53.4 Å². The number of hydrogen-bond acceptors (Lipinski definition) is 5. The van der Waals surface area contributed by atoms with E-state index in [-0.39, 0.29) is 11.7 Å². The van der Waals surface area contributed by atoms with Gasteiger partial charge in [-0.15, -0.1) is 0 Å². The number of aromatic amines is 1. The molecule has 9 heteroatoms. The lowest BCUT2D eigenvalue weighted by Gasteiger charge is -2.36. The van der Waals surface area contributed by atoms with E-state index in [0.717, 1.165) is 54.0 Å². The molecule has 2 aromatic rings. The normalized spacial score (nSPS) is 23.4. The molecule has 0 spiro atoms. The van der Waals surface area contributed by atoms with Gasteiger partial charge in [-0.2, -0.15) is 8.42 Å². The van der Waals surface area contributed by atoms with Crippen LogP contribution in [0.15, 0.2) is 29.8 Å². The summed E-state index contributed by atoms with van der Waals surface area (Å²) in [5.41, 5.74) is 4.11. The average molecular weight is 394 g/mol. The van der Waals surface area contributed by atoms with Crippen molar-refractivity contribution in [2.45, 2.75) is 19.9 Å². The number of piperidine rings is 1. The van der Waals surface area contributed by atoms with Crippen molar-refractivity contribution < 1.29 is 27.1 Å². The van der Waals surface area contributed by atoms with E-state index < -0.39 is 10.4 Å². The van der Waals surface area contributed by atoms with Gasteiger partial charge in [-0.25, -0.2) is 0 Å². The van der Waals surface area contributed by atoms with Crippen LogP contribution in [0.2, 0.25) is 0 Å². The van der Waals surface area contributed by atoms with E-state index in [2.05, 4.69) is 16.0 Å². The third-order valence-corrected chi connectivity index (χ3v) is 5.01. The van der Waals surface area contributed by atoms with E-state index in [9.17, 15) is 4.79 Å². The predicted octanol–water partition coefficient (Wildman–Crippen LogP) is 2.49. The van der Waals surface area contributed by atoms with Crippen LogP contribution < -0.4 is 4.74 Å². The van der Waals surface area contributed by atoms with Crippen LogP contribution in [0.25, 0.3) is 10.9 Å². The van der Waals surface area contributed by atoms with Crippen molar-refractivity contribution in [1.29, 1.82) is 0 Å². The number of ketones is 1. The number of carbonyl (C=O) groups excluding carboxylic acids is 1. The minimum Gasteiger partial charge on any atom is -0.496 e. The molecule has 0 aliphatic carbocycles. The van der Waals surface area contributed by atoms with Crippen LogP contribution in [0.3, 0.4) is 0 Å². The fraction of sp³-hybridized carbons (Fsp3) is 0.389. The molecule has 5 rings (SSSR count). The Bertz CT molecular complexity index is 1000. The molecule has 8 nitrogen and oxygen atoms in total. The molecule has 0 saturated carbocycles. The van der Waals surface area contributed by atoms with Gasteiger partial charge in [0.1, 0.15) is 5.75 Å². The fourth-order valence-electron chi connectivity index (χ4n) is 3.89. The second kappa shape index (κ2) is 7.43. The largest absolute Gasteiger partial charge is 0.496 e. The Morgan fingerprint density at radius 1 is 1.30 bits per heavy atom. The number of aromatic nitrogens is 1. The van der Waals surface area contributed by atoms with Crippen LogP contribution >= 0.6 is 0 Å². The number of rotatable bonds is 1. The maximum atomic E-state index is 13.1. The second-order valence-corrected chi connectivity index (χ2v) is 7.48. The van der Waals surface area contributed by atoms with Crippen LogP contribution in [0.1, 0.15) is 29.4 Å². The first kappa shape index (κ1) is 19.6. The first-order chi connectivity index (χ1) is 12.7. The lowest BCUT2D eigenvalue weighted by Crippen LogP contribution is -2.40. The summed E-state index contributed by atoms with van der Waals surface area (Å²) in [6.45, 7) is 4.71. The molecule has 3 N–H and O–H groups in total. The molecular formula is C18H22N2O6S. The van der Waals surface area contributed by atoms with Gasteiger partial charge in [0.25, 0.3) is 0 Å². The Labute approximate surface area is 157 Å². The third-order valence-electron chi connectivity index (χ3n) is 5.01. The van der Waals surface area contributed by atoms with E-state index in [4.69, 9.17) is 22.3 Å². The molecule has 1 saturated heterocycles. The number of nitrogens with zero attached hydrogens (tertiary/aromatic N) is 1. The highest BCUT2D eigenvalue weighted by Crippen LogP contribution is 2.38. The van der Waals surface area contributed by atoms with Crippen LogP contribution in [0, 0.1) is 5.92 Å². The standard InChI is InChI=1S/C18H20N2O2.H2O4S/c1-3-11-9-20-8-7-12(11)18(21)17-13(10-20)16-14(19-17)5-4-6-15(16)22-2;1-5(2,3)4/h3-6,12,19H,7-10H2,1-2H3;(H2,1,2,3,4)/b11-3-;. The summed E-state index contributed by atoms with van der Waals surface area (Å²) in [5.74, 6) is 1.10. The van der Waals surface area contributed by atoms with E-state index >= 15 is 0 Å². The van der Waals surface area contributed by atoms with Gasteiger partial charge in [-0.3, -0.25) is 18.8 Å². The molecule has 1 fully saturated rings. The molecule has 0 amide bonds. The Balaban J connectivity index is 0.000000376. The fourth-order valence-corrected chi connectivity index (χ4v) is 3.89. The molecule has 4 heterocycles. The van der Waals surface area contributed by atoms with Crippen molar-refractivity contribution in [3.05, 3.63) is 41.1 Å². The Kier molecular flexibility index (Phi) is 5.38. The number of allylic oxidation sites excluding steroid dienone is 1. The van der Waals surface area contributed by atoms with Crippen molar-refractivity contribution >= 4 is 27.1 Å². The average Bonchev–Trinajstić information content (AvgIpc) is 2.96.